The van der Waals surface area contributed by atoms with Crippen LogP contribution < -0.4 is 0 Å². The molecule has 0 saturated heterocycles. The van der Waals surface area contributed by atoms with Crippen LogP contribution in [0.15, 0.2) is 0 Å². The van der Waals surface area contributed by atoms with Crippen molar-refractivity contribution in [3.63, 3.8) is 0 Å². The van der Waals surface area contributed by atoms with Crippen LogP contribution in [0, 0.1) is 29.6 Å². The predicted molar refractivity (Wildman–Crippen MR) is 67.8 cm³/mol. The van der Waals surface area contributed by atoms with Gasteiger partial charge in [-0.15, -0.1) is 0 Å². The summed E-state index contributed by atoms with van der Waals surface area (Å²) in [4.78, 5) is 0. The van der Waals surface area contributed by atoms with Crippen LogP contribution in [-0.2, 0) is 0 Å². The van der Waals surface area contributed by atoms with Crippen LogP contribution >= 0.6 is 0 Å². The maximum atomic E-state index is 10.1. The number of aliphatic hydroxyl groups excluding tert-OH is 1. The maximum absolute atomic E-state index is 10.1. The molecular formula is C14H30O. The fraction of sp³-hybridized carbons (Fsp3) is 1.00. The van der Waals surface area contributed by atoms with Gasteiger partial charge in [0.25, 0.3) is 0 Å². The smallest absolute Gasteiger partial charge is 0.0591 e. The molecule has 4 atom stereocenters. The summed E-state index contributed by atoms with van der Waals surface area (Å²) in [6.45, 7) is 15.5. The molecule has 92 valence electrons. The lowest BCUT2D eigenvalue weighted by Crippen LogP contribution is -2.34. The van der Waals surface area contributed by atoms with E-state index in [0.29, 0.717) is 29.6 Å². The van der Waals surface area contributed by atoms with Crippen molar-refractivity contribution in [2.45, 2.75) is 61.0 Å². The molecule has 0 aromatic heterocycles. The van der Waals surface area contributed by atoms with Gasteiger partial charge in [0, 0.05) is 0 Å². The van der Waals surface area contributed by atoms with E-state index in [-0.39, 0.29) is 6.10 Å². The summed E-state index contributed by atoms with van der Waals surface area (Å²) in [5.74, 6) is 2.82. The largest absolute Gasteiger partial charge is 0.393 e. The number of hydrogen-bond donors (Lipinski definition) is 1. The molecule has 0 aliphatic heterocycles. The monoisotopic (exact) mass is 214 g/mol. The summed E-state index contributed by atoms with van der Waals surface area (Å²) in [6.07, 6.45) is 1.01. The van der Waals surface area contributed by atoms with E-state index in [2.05, 4.69) is 48.5 Å². The van der Waals surface area contributed by atoms with E-state index in [1.165, 1.54) is 6.42 Å². The van der Waals surface area contributed by atoms with E-state index >= 15 is 0 Å². The van der Waals surface area contributed by atoms with Crippen molar-refractivity contribution < 1.29 is 5.11 Å². The Hall–Kier alpha value is -0.0400. The standard InChI is InChI=1S/C14H30O/c1-8-13(11(6)9(2)3)12(7)14(15)10(4)5/h9-15H,8H2,1-7H3. The fourth-order valence-electron chi connectivity index (χ4n) is 2.58. The van der Waals surface area contributed by atoms with Crippen LogP contribution in [0.5, 0.6) is 0 Å². The van der Waals surface area contributed by atoms with Crippen molar-refractivity contribution in [1.29, 1.82) is 0 Å². The summed E-state index contributed by atoms with van der Waals surface area (Å²) < 4.78 is 0. The second-order valence-electron chi connectivity index (χ2n) is 5.77. The summed E-state index contributed by atoms with van der Waals surface area (Å²) in [5, 5.41) is 10.1. The minimum absolute atomic E-state index is 0.156. The van der Waals surface area contributed by atoms with Gasteiger partial charge in [0.05, 0.1) is 6.10 Å². The summed E-state index contributed by atoms with van der Waals surface area (Å²) >= 11 is 0. The van der Waals surface area contributed by atoms with Gasteiger partial charge in [-0.2, -0.15) is 0 Å². The van der Waals surface area contributed by atoms with E-state index in [9.17, 15) is 5.11 Å². The number of rotatable bonds is 6. The van der Waals surface area contributed by atoms with Crippen molar-refractivity contribution in [1.82, 2.24) is 0 Å². The van der Waals surface area contributed by atoms with Crippen LogP contribution in [0.4, 0.5) is 0 Å². The predicted octanol–water partition coefficient (Wildman–Crippen LogP) is 3.96. The molecular weight excluding hydrogens is 184 g/mol. The Labute approximate surface area is 96.3 Å². The Morgan fingerprint density at radius 2 is 1.27 bits per heavy atom. The SMILES string of the molecule is CCC(C(C)C(C)C)C(C)C(O)C(C)C. The van der Waals surface area contributed by atoms with E-state index in [1.54, 1.807) is 0 Å². The molecule has 0 aromatic carbocycles. The first kappa shape index (κ1) is 15.0. The minimum atomic E-state index is -0.156. The van der Waals surface area contributed by atoms with Gasteiger partial charge in [0.15, 0.2) is 0 Å². The van der Waals surface area contributed by atoms with Crippen LogP contribution in [0.2, 0.25) is 0 Å². The zero-order valence-electron chi connectivity index (χ0n) is 11.6. The topological polar surface area (TPSA) is 20.2 Å². The van der Waals surface area contributed by atoms with Gasteiger partial charge in [-0.1, -0.05) is 54.9 Å². The molecule has 0 fully saturated rings. The molecule has 1 nitrogen and oxygen atoms in total. The van der Waals surface area contributed by atoms with Crippen molar-refractivity contribution in [2.75, 3.05) is 0 Å². The molecule has 0 amide bonds. The maximum Gasteiger partial charge on any atom is 0.0591 e. The van der Waals surface area contributed by atoms with E-state index < -0.39 is 0 Å². The molecule has 0 spiro atoms. The number of hydrogen-bond acceptors (Lipinski definition) is 1. The third-order valence-corrected chi connectivity index (χ3v) is 4.10. The summed E-state index contributed by atoms with van der Waals surface area (Å²) in [6, 6.07) is 0. The van der Waals surface area contributed by atoms with Crippen molar-refractivity contribution >= 4 is 0 Å². The Morgan fingerprint density at radius 1 is 0.800 bits per heavy atom. The second kappa shape index (κ2) is 6.52. The highest BCUT2D eigenvalue weighted by Crippen LogP contribution is 2.33. The lowest BCUT2D eigenvalue weighted by Gasteiger charge is -2.35. The first-order valence-corrected chi connectivity index (χ1v) is 6.50. The number of aliphatic hydroxyl groups is 1. The van der Waals surface area contributed by atoms with Gasteiger partial charge < -0.3 is 5.11 Å². The first-order valence-electron chi connectivity index (χ1n) is 6.50. The summed E-state index contributed by atoms with van der Waals surface area (Å²) in [7, 11) is 0. The molecule has 1 N–H and O–H groups in total. The molecule has 1 heteroatoms. The van der Waals surface area contributed by atoms with Gasteiger partial charge in [0.1, 0.15) is 0 Å². The minimum Gasteiger partial charge on any atom is -0.393 e. The van der Waals surface area contributed by atoms with Crippen molar-refractivity contribution in [3.8, 4) is 0 Å². The van der Waals surface area contributed by atoms with Crippen molar-refractivity contribution in [2.24, 2.45) is 29.6 Å². The van der Waals surface area contributed by atoms with E-state index in [0.717, 1.165) is 0 Å². The average molecular weight is 214 g/mol. The van der Waals surface area contributed by atoms with Gasteiger partial charge in [0.2, 0.25) is 0 Å². The Bertz CT molecular complexity index is 163. The third-order valence-electron chi connectivity index (χ3n) is 4.10. The van der Waals surface area contributed by atoms with Gasteiger partial charge in [-0.05, 0) is 29.6 Å². The molecule has 0 saturated carbocycles. The lowest BCUT2D eigenvalue weighted by molar-refractivity contribution is 0.0213. The van der Waals surface area contributed by atoms with E-state index in [1.807, 2.05) is 0 Å². The van der Waals surface area contributed by atoms with Gasteiger partial charge in [-0.25, -0.2) is 0 Å². The molecule has 0 radical (unpaired) electrons. The summed E-state index contributed by atoms with van der Waals surface area (Å²) in [5.41, 5.74) is 0. The fourth-order valence-corrected chi connectivity index (χ4v) is 2.58. The highest BCUT2D eigenvalue weighted by molar-refractivity contribution is 4.79. The molecule has 0 bridgehead atoms. The molecule has 15 heavy (non-hydrogen) atoms. The third kappa shape index (κ3) is 4.14. The molecule has 0 rings (SSSR count). The molecule has 0 aliphatic carbocycles. The molecule has 0 heterocycles. The normalized spacial score (nSPS) is 20.4. The highest BCUT2D eigenvalue weighted by Gasteiger charge is 2.30. The average Bonchev–Trinajstić information content (AvgIpc) is 2.16. The highest BCUT2D eigenvalue weighted by atomic mass is 16.3. The van der Waals surface area contributed by atoms with Crippen LogP contribution in [0.1, 0.15) is 54.9 Å². The van der Waals surface area contributed by atoms with Gasteiger partial charge in [-0.3, -0.25) is 0 Å². The molecule has 0 aliphatic rings. The van der Waals surface area contributed by atoms with Crippen LogP contribution in [0.25, 0.3) is 0 Å². The zero-order valence-corrected chi connectivity index (χ0v) is 11.6. The first-order chi connectivity index (χ1) is 6.82. The van der Waals surface area contributed by atoms with Gasteiger partial charge >= 0.3 is 0 Å². The molecule has 0 aromatic rings. The Balaban J connectivity index is 4.52. The van der Waals surface area contributed by atoms with Crippen molar-refractivity contribution in [3.05, 3.63) is 0 Å². The van der Waals surface area contributed by atoms with Crippen LogP contribution in [0.3, 0.4) is 0 Å². The van der Waals surface area contributed by atoms with Crippen LogP contribution in [-0.4, -0.2) is 11.2 Å². The quantitative estimate of drug-likeness (QED) is 0.709. The lowest BCUT2D eigenvalue weighted by atomic mass is 9.72. The Kier molecular flexibility index (Phi) is 6.51. The van der Waals surface area contributed by atoms with E-state index in [4.69, 9.17) is 0 Å². The Morgan fingerprint density at radius 3 is 1.53 bits per heavy atom. The second-order valence-corrected chi connectivity index (χ2v) is 5.77. The molecule has 4 unspecified atom stereocenters. The zero-order chi connectivity index (χ0) is 12.2.